The molecule has 0 saturated carbocycles. The standard InChI is InChI=1S/C17H20N4O5/c1-11-17(21(25)26)12(2)20(19-11)9-8-15(22)18-14(10-16(23)24)13-6-4-3-5-7-13/h3-7,14H,8-10H2,1-2H3,(H,18,22)(H,23,24). The molecule has 9 heteroatoms. The van der Waals surface area contributed by atoms with E-state index in [4.69, 9.17) is 5.11 Å². The Morgan fingerprint density at radius 1 is 1.31 bits per heavy atom. The van der Waals surface area contributed by atoms with E-state index in [-0.39, 0.29) is 31.0 Å². The van der Waals surface area contributed by atoms with Gasteiger partial charge in [-0.15, -0.1) is 0 Å². The normalized spacial score (nSPS) is 11.8. The van der Waals surface area contributed by atoms with Crippen molar-refractivity contribution in [1.82, 2.24) is 15.1 Å². The van der Waals surface area contributed by atoms with Gasteiger partial charge in [-0.1, -0.05) is 30.3 Å². The first kappa shape index (κ1) is 19.1. The van der Waals surface area contributed by atoms with Crippen molar-refractivity contribution in [3.63, 3.8) is 0 Å². The predicted molar refractivity (Wildman–Crippen MR) is 92.6 cm³/mol. The van der Waals surface area contributed by atoms with Crippen LogP contribution in [0, 0.1) is 24.0 Å². The molecule has 26 heavy (non-hydrogen) atoms. The molecule has 0 aliphatic rings. The lowest BCUT2D eigenvalue weighted by Crippen LogP contribution is -2.31. The van der Waals surface area contributed by atoms with Crippen LogP contribution in [0.2, 0.25) is 0 Å². The molecule has 138 valence electrons. The molecule has 2 rings (SSSR count). The lowest BCUT2D eigenvalue weighted by atomic mass is 10.0. The quantitative estimate of drug-likeness (QED) is 0.548. The molecule has 0 aliphatic carbocycles. The number of carboxylic acids is 1. The molecule has 2 aromatic rings. The third kappa shape index (κ3) is 4.65. The monoisotopic (exact) mass is 360 g/mol. The largest absolute Gasteiger partial charge is 0.481 e. The molecule has 0 saturated heterocycles. The molecule has 0 fully saturated rings. The second-order valence-corrected chi connectivity index (χ2v) is 5.88. The third-order valence-corrected chi connectivity index (χ3v) is 3.99. The number of aromatic nitrogens is 2. The summed E-state index contributed by atoms with van der Waals surface area (Å²) in [5.74, 6) is -1.37. The van der Waals surface area contributed by atoms with E-state index in [0.717, 1.165) is 0 Å². The summed E-state index contributed by atoms with van der Waals surface area (Å²) in [4.78, 5) is 33.8. The van der Waals surface area contributed by atoms with Crippen LogP contribution in [-0.2, 0) is 16.1 Å². The van der Waals surface area contributed by atoms with Crippen molar-refractivity contribution in [2.45, 2.75) is 39.3 Å². The van der Waals surface area contributed by atoms with E-state index < -0.39 is 16.9 Å². The van der Waals surface area contributed by atoms with E-state index in [1.807, 2.05) is 0 Å². The molecule has 0 aliphatic heterocycles. The molecule has 1 amide bonds. The van der Waals surface area contributed by atoms with Crippen LogP contribution in [0.5, 0.6) is 0 Å². The van der Waals surface area contributed by atoms with Gasteiger partial charge >= 0.3 is 11.7 Å². The van der Waals surface area contributed by atoms with Crippen molar-refractivity contribution in [2.75, 3.05) is 0 Å². The zero-order chi connectivity index (χ0) is 19.3. The van der Waals surface area contributed by atoms with Gasteiger partial charge in [-0.3, -0.25) is 24.4 Å². The Morgan fingerprint density at radius 3 is 2.50 bits per heavy atom. The number of hydrogen-bond donors (Lipinski definition) is 2. The minimum Gasteiger partial charge on any atom is -0.481 e. The number of carbonyl (C=O) groups excluding carboxylic acids is 1. The van der Waals surface area contributed by atoms with E-state index in [1.54, 1.807) is 44.2 Å². The van der Waals surface area contributed by atoms with Crippen LogP contribution in [0.25, 0.3) is 0 Å². The number of nitrogens with zero attached hydrogens (tertiary/aromatic N) is 3. The summed E-state index contributed by atoms with van der Waals surface area (Å²) in [6.45, 7) is 3.29. The van der Waals surface area contributed by atoms with Crippen molar-refractivity contribution in [2.24, 2.45) is 0 Å². The number of benzene rings is 1. The Kier molecular flexibility index (Phi) is 6.05. The maximum atomic E-state index is 12.2. The fourth-order valence-electron chi connectivity index (χ4n) is 2.76. The van der Waals surface area contributed by atoms with Crippen molar-refractivity contribution >= 4 is 17.6 Å². The zero-order valence-corrected chi connectivity index (χ0v) is 14.5. The van der Waals surface area contributed by atoms with Gasteiger partial charge in [0.25, 0.3) is 0 Å². The van der Waals surface area contributed by atoms with Crippen LogP contribution in [0.3, 0.4) is 0 Å². The number of nitrogens with one attached hydrogen (secondary N) is 1. The Labute approximate surface area is 149 Å². The van der Waals surface area contributed by atoms with Gasteiger partial charge in [0.15, 0.2) is 0 Å². The number of nitro groups is 1. The summed E-state index contributed by atoms with van der Waals surface area (Å²) in [6.07, 6.45) is -0.205. The summed E-state index contributed by atoms with van der Waals surface area (Å²) in [5.41, 5.74) is 1.31. The number of carboxylic acid groups (broad SMARTS) is 1. The Hall–Kier alpha value is -3.23. The summed E-state index contributed by atoms with van der Waals surface area (Å²) in [6, 6.07) is 8.20. The smallest absolute Gasteiger partial charge is 0.312 e. The van der Waals surface area contributed by atoms with Crippen LogP contribution in [0.1, 0.15) is 35.8 Å². The summed E-state index contributed by atoms with van der Waals surface area (Å²) in [5, 5.41) is 26.9. The topological polar surface area (TPSA) is 127 Å². The Balaban J connectivity index is 2.04. The first-order valence-electron chi connectivity index (χ1n) is 8.04. The minimum absolute atomic E-state index is 0.0298. The van der Waals surface area contributed by atoms with Crippen LogP contribution < -0.4 is 5.32 Å². The van der Waals surface area contributed by atoms with E-state index in [2.05, 4.69) is 10.4 Å². The number of aliphatic carboxylic acids is 1. The summed E-state index contributed by atoms with van der Waals surface area (Å²) in [7, 11) is 0. The average Bonchev–Trinajstić information content (AvgIpc) is 2.86. The minimum atomic E-state index is -1.02. The highest BCUT2D eigenvalue weighted by molar-refractivity contribution is 5.77. The number of aryl methyl sites for hydroxylation is 2. The number of amides is 1. The molecule has 0 bridgehead atoms. The van der Waals surface area contributed by atoms with Gasteiger partial charge in [0.05, 0.1) is 23.9 Å². The van der Waals surface area contributed by atoms with Crippen molar-refractivity contribution in [3.8, 4) is 0 Å². The fourth-order valence-corrected chi connectivity index (χ4v) is 2.76. The van der Waals surface area contributed by atoms with Crippen molar-refractivity contribution < 1.29 is 19.6 Å². The molecule has 1 aromatic carbocycles. The van der Waals surface area contributed by atoms with Gasteiger partial charge in [-0.2, -0.15) is 5.10 Å². The summed E-state index contributed by atoms with van der Waals surface area (Å²) >= 11 is 0. The van der Waals surface area contributed by atoms with Crippen LogP contribution >= 0.6 is 0 Å². The highest BCUT2D eigenvalue weighted by atomic mass is 16.6. The maximum Gasteiger partial charge on any atom is 0.312 e. The molecular weight excluding hydrogens is 340 g/mol. The lowest BCUT2D eigenvalue weighted by molar-refractivity contribution is -0.386. The van der Waals surface area contributed by atoms with Gasteiger partial charge < -0.3 is 10.4 Å². The number of hydrogen-bond acceptors (Lipinski definition) is 5. The van der Waals surface area contributed by atoms with Gasteiger partial charge in [0.1, 0.15) is 11.4 Å². The van der Waals surface area contributed by atoms with Crippen LogP contribution in [0.4, 0.5) is 5.69 Å². The molecule has 2 N–H and O–H groups in total. The van der Waals surface area contributed by atoms with Gasteiger partial charge in [-0.05, 0) is 19.4 Å². The first-order valence-corrected chi connectivity index (χ1v) is 8.04. The van der Waals surface area contributed by atoms with E-state index in [1.165, 1.54) is 4.68 Å². The SMILES string of the molecule is Cc1nn(CCC(=O)NC(CC(=O)O)c2ccccc2)c(C)c1[N+](=O)[O-]. The molecule has 9 nitrogen and oxygen atoms in total. The first-order chi connectivity index (χ1) is 12.3. The summed E-state index contributed by atoms with van der Waals surface area (Å²) < 4.78 is 1.42. The van der Waals surface area contributed by atoms with Crippen molar-refractivity contribution in [1.29, 1.82) is 0 Å². The van der Waals surface area contributed by atoms with E-state index >= 15 is 0 Å². The molecular formula is C17H20N4O5. The molecule has 1 unspecified atom stereocenters. The van der Waals surface area contributed by atoms with Gasteiger partial charge in [-0.25, -0.2) is 0 Å². The molecule has 0 radical (unpaired) electrons. The second kappa shape index (κ2) is 8.24. The van der Waals surface area contributed by atoms with Crippen LogP contribution in [0.15, 0.2) is 30.3 Å². The Bertz CT molecular complexity index is 816. The average molecular weight is 360 g/mol. The van der Waals surface area contributed by atoms with Gasteiger partial charge in [0, 0.05) is 6.42 Å². The Morgan fingerprint density at radius 2 is 1.96 bits per heavy atom. The van der Waals surface area contributed by atoms with Gasteiger partial charge in [0.2, 0.25) is 5.91 Å². The highest BCUT2D eigenvalue weighted by Crippen LogP contribution is 2.22. The predicted octanol–water partition coefficient (Wildman–Crippen LogP) is 2.13. The second-order valence-electron chi connectivity index (χ2n) is 5.88. The molecule has 1 atom stereocenters. The molecule has 1 aromatic heterocycles. The fraction of sp³-hybridized carbons (Fsp3) is 0.353. The number of carbonyl (C=O) groups is 2. The zero-order valence-electron chi connectivity index (χ0n) is 14.5. The molecule has 0 spiro atoms. The number of rotatable bonds is 8. The third-order valence-electron chi connectivity index (χ3n) is 3.99. The molecule has 1 heterocycles. The van der Waals surface area contributed by atoms with E-state index in [9.17, 15) is 19.7 Å². The highest BCUT2D eigenvalue weighted by Gasteiger charge is 2.22. The maximum absolute atomic E-state index is 12.2. The van der Waals surface area contributed by atoms with Crippen molar-refractivity contribution in [3.05, 3.63) is 57.4 Å². The van der Waals surface area contributed by atoms with E-state index in [0.29, 0.717) is 17.0 Å². The van der Waals surface area contributed by atoms with Crippen LogP contribution in [-0.4, -0.2) is 31.7 Å². The lowest BCUT2D eigenvalue weighted by Gasteiger charge is -2.17.